The smallest absolute Gasteiger partial charge is 0.0656 e. The van der Waals surface area contributed by atoms with Crippen molar-refractivity contribution in [3.8, 4) is 0 Å². The standard InChI is InChI=1S/C12H20Si/c1-5-8-11-9-6-7-10-12(11)13(2,3)4/h6-7,9-10H,5,8H2,1-4H3. The summed E-state index contributed by atoms with van der Waals surface area (Å²) in [5.74, 6) is 0. The summed E-state index contributed by atoms with van der Waals surface area (Å²) in [5, 5.41) is 1.64. The van der Waals surface area contributed by atoms with E-state index in [1.54, 1.807) is 10.8 Å². The molecule has 0 aliphatic heterocycles. The first-order valence-corrected chi connectivity index (χ1v) is 8.64. The van der Waals surface area contributed by atoms with E-state index in [9.17, 15) is 0 Å². The Hall–Kier alpha value is -0.563. The average molecular weight is 192 g/mol. The lowest BCUT2D eigenvalue weighted by Gasteiger charge is -2.20. The lowest BCUT2D eigenvalue weighted by Crippen LogP contribution is -2.39. The fourth-order valence-corrected chi connectivity index (χ4v) is 3.51. The second-order valence-corrected chi connectivity index (χ2v) is 9.70. The van der Waals surface area contributed by atoms with Crippen LogP contribution in [0.4, 0.5) is 0 Å². The third kappa shape index (κ3) is 2.70. The maximum absolute atomic E-state index is 2.42. The van der Waals surface area contributed by atoms with Crippen LogP contribution in [0, 0.1) is 0 Å². The molecule has 72 valence electrons. The molecule has 0 radical (unpaired) electrons. The Bertz CT molecular complexity index is 271. The maximum Gasteiger partial charge on any atom is 0.0779 e. The molecular formula is C12H20Si. The number of benzene rings is 1. The summed E-state index contributed by atoms with van der Waals surface area (Å²) < 4.78 is 0. The predicted molar refractivity (Wildman–Crippen MR) is 63.4 cm³/mol. The van der Waals surface area contributed by atoms with Crippen molar-refractivity contribution in [2.24, 2.45) is 0 Å². The Labute approximate surface area is 83.0 Å². The molecule has 1 aromatic carbocycles. The Morgan fingerprint density at radius 3 is 2.23 bits per heavy atom. The van der Waals surface area contributed by atoms with Crippen LogP contribution in [0.15, 0.2) is 24.3 Å². The molecule has 1 aromatic rings. The van der Waals surface area contributed by atoms with Crippen molar-refractivity contribution in [3.05, 3.63) is 29.8 Å². The molecule has 0 fully saturated rings. The van der Waals surface area contributed by atoms with E-state index in [0.717, 1.165) is 0 Å². The van der Waals surface area contributed by atoms with Gasteiger partial charge in [-0.1, -0.05) is 62.4 Å². The predicted octanol–water partition coefficient (Wildman–Crippen LogP) is 3.18. The van der Waals surface area contributed by atoms with Crippen LogP contribution in [0.25, 0.3) is 0 Å². The van der Waals surface area contributed by atoms with Crippen LogP contribution in [0.2, 0.25) is 19.6 Å². The fraction of sp³-hybridized carbons (Fsp3) is 0.500. The summed E-state index contributed by atoms with van der Waals surface area (Å²) in [4.78, 5) is 0. The molecule has 0 atom stereocenters. The molecule has 0 bridgehead atoms. The van der Waals surface area contributed by atoms with Gasteiger partial charge in [0.15, 0.2) is 0 Å². The van der Waals surface area contributed by atoms with Gasteiger partial charge in [0, 0.05) is 0 Å². The molecule has 0 amide bonds. The molecule has 0 aliphatic carbocycles. The molecule has 13 heavy (non-hydrogen) atoms. The quantitative estimate of drug-likeness (QED) is 0.645. The van der Waals surface area contributed by atoms with Gasteiger partial charge in [0.2, 0.25) is 0 Å². The number of rotatable bonds is 3. The van der Waals surface area contributed by atoms with Gasteiger partial charge in [0.25, 0.3) is 0 Å². The van der Waals surface area contributed by atoms with E-state index >= 15 is 0 Å². The minimum absolute atomic E-state index is 1.12. The summed E-state index contributed by atoms with van der Waals surface area (Å²) in [5.41, 5.74) is 1.57. The lowest BCUT2D eigenvalue weighted by atomic mass is 10.1. The highest BCUT2D eigenvalue weighted by Crippen LogP contribution is 2.08. The molecule has 0 N–H and O–H groups in total. The molecule has 0 unspecified atom stereocenters. The first kappa shape index (κ1) is 10.5. The van der Waals surface area contributed by atoms with E-state index in [2.05, 4.69) is 50.8 Å². The van der Waals surface area contributed by atoms with E-state index in [0.29, 0.717) is 0 Å². The highest BCUT2D eigenvalue weighted by atomic mass is 28.3. The van der Waals surface area contributed by atoms with Crippen molar-refractivity contribution < 1.29 is 0 Å². The molecule has 1 heteroatoms. The normalized spacial score (nSPS) is 11.7. The molecule has 0 aromatic heterocycles. The Balaban J connectivity index is 3.05. The van der Waals surface area contributed by atoms with E-state index in [-0.39, 0.29) is 0 Å². The van der Waals surface area contributed by atoms with Crippen molar-refractivity contribution in [2.45, 2.75) is 39.4 Å². The number of aryl methyl sites for hydroxylation is 1. The maximum atomic E-state index is 2.42. The molecular weight excluding hydrogens is 172 g/mol. The summed E-state index contributed by atoms with van der Waals surface area (Å²) in [6, 6.07) is 8.94. The number of hydrogen-bond donors (Lipinski definition) is 0. The topological polar surface area (TPSA) is 0 Å². The average Bonchev–Trinajstić information content (AvgIpc) is 2.04. The summed E-state index contributed by atoms with van der Waals surface area (Å²) >= 11 is 0. The van der Waals surface area contributed by atoms with Gasteiger partial charge in [-0.3, -0.25) is 0 Å². The van der Waals surface area contributed by atoms with Gasteiger partial charge in [-0.2, -0.15) is 0 Å². The van der Waals surface area contributed by atoms with Crippen LogP contribution in [0.3, 0.4) is 0 Å². The van der Waals surface area contributed by atoms with Crippen LogP contribution in [-0.2, 0) is 6.42 Å². The summed E-state index contributed by atoms with van der Waals surface area (Å²) in [6.07, 6.45) is 2.49. The van der Waals surface area contributed by atoms with Crippen molar-refractivity contribution in [2.75, 3.05) is 0 Å². The van der Waals surface area contributed by atoms with Gasteiger partial charge in [-0.15, -0.1) is 0 Å². The first-order valence-electron chi connectivity index (χ1n) is 5.14. The van der Waals surface area contributed by atoms with Crippen LogP contribution >= 0.6 is 0 Å². The molecule has 0 spiro atoms. The fourth-order valence-electron chi connectivity index (χ4n) is 1.74. The van der Waals surface area contributed by atoms with Crippen LogP contribution < -0.4 is 5.19 Å². The minimum Gasteiger partial charge on any atom is -0.0656 e. The third-order valence-corrected chi connectivity index (χ3v) is 4.45. The van der Waals surface area contributed by atoms with E-state index in [1.807, 2.05) is 0 Å². The minimum atomic E-state index is -1.12. The second kappa shape index (κ2) is 4.10. The van der Waals surface area contributed by atoms with Crippen molar-refractivity contribution in [1.29, 1.82) is 0 Å². The molecule has 1 rings (SSSR count). The second-order valence-electron chi connectivity index (χ2n) is 4.66. The highest BCUT2D eigenvalue weighted by molar-refractivity contribution is 6.89. The first-order chi connectivity index (χ1) is 6.05. The Morgan fingerprint density at radius 2 is 1.69 bits per heavy atom. The third-order valence-electron chi connectivity index (χ3n) is 2.34. The van der Waals surface area contributed by atoms with Crippen molar-refractivity contribution in [1.82, 2.24) is 0 Å². The zero-order valence-corrected chi connectivity index (χ0v) is 10.2. The summed E-state index contributed by atoms with van der Waals surface area (Å²) in [6.45, 7) is 9.51. The monoisotopic (exact) mass is 192 g/mol. The zero-order chi connectivity index (χ0) is 9.90. The van der Waals surface area contributed by atoms with E-state index < -0.39 is 8.07 Å². The van der Waals surface area contributed by atoms with Gasteiger partial charge in [-0.05, 0) is 12.0 Å². The van der Waals surface area contributed by atoms with Gasteiger partial charge in [0.05, 0.1) is 8.07 Å². The van der Waals surface area contributed by atoms with Crippen LogP contribution in [-0.4, -0.2) is 8.07 Å². The SMILES string of the molecule is CCCc1ccccc1[Si](C)(C)C. The van der Waals surface area contributed by atoms with Gasteiger partial charge >= 0.3 is 0 Å². The number of hydrogen-bond acceptors (Lipinski definition) is 0. The zero-order valence-electron chi connectivity index (χ0n) is 9.22. The van der Waals surface area contributed by atoms with Crippen molar-refractivity contribution in [3.63, 3.8) is 0 Å². The van der Waals surface area contributed by atoms with Gasteiger partial charge in [0.1, 0.15) is 0 Å². The largest absolute Gasteiger partial charge is 0.0779 e. The molecule has 0 saturated carbocycles. The Morgan fingerprint density at radius 1 is 1.08 bits per heavy atom. The molecule has 0 heterocycles. The van der Waals surface area contributed by atoms with Gasteiger partial charge in [-0.25, -0.2) is 0 Å². The van der Waals surface area contributed by atoms with E-state index in [1.165, 1.54) is 12.8 Å². The highest BCUT2D eigenvalue weighted by Gasteiger charge is 2.18. The van der Waals surface area contributed by atoms with Gasteiger partial charge < -0.3 is 0 Å². The Kier molecular flexibility index (Phi) is 3.31. The van der Waals surface area contributed by atoms with Crippen LogP contribution in [0.5, 0.6) is 0 Å². The van der Waals surface area contributed by atoms with Crippen molar-refractivity contribution >= 4 is 13.3 Å². The summed E-state index contributed by atoms with van der Waals surface area (Å²) in [7, 11) is -1.12. The molecule has 0 nitrogen and oxygen atoms in total. The molecule has 0 saturated heterocycles. The van der Waals surface area contributed by atoms with E-state index in [4.69, 9.17) is 0 Å². The lowest BCUT2D eigenvalue weighted by molar-refractivity contribution is 0.926. The van der Waals surface area contributed by atoms with Crippen LogP contribution in [0.1, 0.15) is 18.9 Å². The molecule has 0 aliphatic rings.